The van der Waals surface area contributed by atoms with Gasteiger partial charge in [-0.05, 0) is 6.92 Å². The zero-order chi connectivity index (χ0) is 11.7. The summed E-state index contributed by atoms with van der Waals surface area (Å²) < 4.78 is 4.12. The Balaban J connectivity index is 1.60. The predicted molar refractivity (Wildman–Crippen MR) is 62.3 cm³/mol. The van der Waals surface area contributed by atoms with E-state index in [1.165, 1.54) is 0 Å². The molecule has 3 heterocycles. The van der Waals surface area contributed by atoms with Gasteiger partial charge in [0.15, 0.2) is 0 Å². The topological polar surface area (TPSA) is 51.8 Å². The summed E-state index contributed by atoms with van der Waals surface area (Å²) in [7, 11) is 0. The largest absolute Gasteiger partial charge is 0.336 e. The van der Waals surface area contributed by atoms with Crippen LogP contribution in [0.1, 0.15) is 11.6 Å². The van der Waals surface area contributed by atoms with Crippen LogP contribution in [0.25, 0.3) is 0 Å². The van der Waals surface area contributed by atoms with Gasteiger partial charge in [-0.25, -0.2) is 14.6 Å². The Bertz CT molecular complexity index is 486. The molecule has 0 N–H and O–H groups in total. The molecule has 0 bridgehead atoms. The fourth-order valence-corrected chi connectivity index (χ4v) is 2.18. The monoisotopic (exact) mass is 232 g/mol. The molecule has 0 radical (unpaired) electrons. The first-order chi connectivity index (χ1) is 8.31. The predicted octanol–water partition coefficient (Wildman–Crippen LogP) is 0.299. The molecular weight excluding hydrogens is 216 g/mol. The zero-order valence-electron chi connectivity index (χ0n) is 9.95. The maximum Gasteiger partial charge on any atom is 0.147 e. The molecule has 2 aromatic rings. The molecule has 3 rings (SSSR count). The van der Waals surface area contributed by atoms with Gasteiger partial charge in [-0.15, -0.1) is 0 Å². The van der Waals surface area contributed by atoms with Gasteiger partial charge in [0.1, 0.15) is 11.6 Å². The smallest absolute Gasteiger partial charge is 0.147 e. The van der Waals surface area contributed by atoms with Crippen LogP contribution in [0.3, 0.4) is 0 Å². The van der Waals surface area contributed by atoms with Crippen molar-refractivity contribution in [2.24, 2.45) is 0 Å². The molecular formula is C11H16N6. The Hall–Kier alpha value is -1.69. The van der Waals surface area contributed by atoms with Crippen molar-refractivity contribution in [2.45, 2.75) is 26.6 Å². The third-order valence-corrected chi connectivity index (χ3v) is 3.08. The normalized spacial score (nSPS) is 16.1. The summed E-state index contributed by atoms with van der Waals surface area (Å²) in [5.41, 5.74) is 0. The number of imidazole rings is 1. The van der Waals surface area contributed by atoms with Crippen LogP contribution in [0, 0.1) is 6.92 Å². The lowest BCUT2D eigenvalue weighted by molar-refractivity contribution is 0.202. The van der Waals surface area contributed by atoms with E-state index in [4.69, 9.17) is 0 Å². The number of aryl methyl sites for hydroxylation is 1. The molecule has 0 saturated carbocycles. The van der Waals surface area contributed by atoms with Crippen molar-refractivity contribution in [1.82, 2.24) is 29.2 Å². The van der Waals surface area contributed by atoms with Gasteiger partial charge in [-0.1, -0.05) is 0 Å². The minimum Gasteiger partial charge on any atom is -0.336 e. The van der Waals surface area contributed by atoms with Crippen LogP contribution in [0.5, 0.6) is 0 Å². The summed E-state index contributed by atoms with van der Waals surface area (Å²) in [4.78, 5) is 10.9. The second-order valence-electron chi connectivity index (χ2n) is 4.38. The van der Waals surface area contributed by atoms with Gasteiger partial charge in [0, 0.05) is 32.0 Å². The van der Waals surface area contributed by atoms with Crippen molar-refractivity contribution in [1.29, 1.82) is 0 Å². The number of hydrogen-bond donors (Lipinski definition) is 0. The first-order valence-electron chi connectivity index (χ1n) is 5.90. The van der Waals surface area contributed by atoms with Crippen LogP contribution in [0.2, 0.25) is 0 Å². The molecule has 6 nitrogen and oxygen atoms in total. The van der Waals surface area contributed by atoms with Crippen molar-refractivity contribution >= 4 is 0 Å². The molecule has 90 valence electrons. The van der Waals surface area contributed by atoms with Crippen LogP contribution in [-0.4, -0.2) is 42.3 Å². The van der Waals surface area contributed by atoms with E-state index in [1.807, 2.05) is 30.3 Å². The molecule has 6 heteroatoms. The Labute approximate surface area is 99.9 Å². The lowest BCUT2D eigenvalue weighted by Crippen LogP contribution is -2.36. The molecule has 2 aromatic heterocycles. The number of fused-ring (bicyclic) bond motifs is 1. The third kappa shape index (κ3) is 2.21. The summed E-state index contributed by atoms with van der Waals surface area (Å²) in [5.74, 6) is 1.95. The summed E-state index contributed by atoms with van der Waals surface area (Å²) in [6, 6.07) is 0. The van der Waals surface area contributed by atoms with E-state index in [1.54, 1.807) is 0 Å². The van der Waals surface area contributed by atoms with Crippen LogP contribution in [0.4, 0.5) is 0 Å². The standard InChI is InChI=1S/C11H16N6/c1-10-13-11-8-15(6-7-17(11)14-10)4-5-16-3-2-12-9-16/h2-3,9H,4-8H2,1H3. The Kier molecular flexibility index (Phi) is 2.64. The summed E-state index contributed by atoms with van der Waals surface area (Å²) >= 11 is 0. The van der Waals surface area contributed by atoms with E-state index in [0.717, 1.165) is 44.4 Å². The second kappa shape index (κ2) is 4.29. The first kappa shape index (κ1) is 10.5. The maximum atomic E-state index is 4.44. The molecule has 0 saturated heterocycles. The number of hydrogen-bond acceptors (Lipinski definition) is 4. The highest BCUT2D eigenvalue weighted by molar-refractivity contribution is 4.94. The van der Waals surface area contributed by atoms with E-state index in [9.17, 15) is 0 Å². The molecule has 0 unspecified atom stereocenters. The van der Waals surface area contributed by atoms with Gasteiger partial charge in [-0.3, -0.25) is 4.90 Å². The maximum absolute atomic E-state index is 4.44. The van der Waals surface area contributed by atoms with Crippen LogP contribution in [0.15, 0.2) is 18.7 Å². The van der Waals surface area contributed by atoms with Gasteiger partial charge >= 0.3 is 0 Å². The Morgan fingerprint density at radius 3 is 3.06 bits per heavy atom. The summed E-state index contributed by atoms with van der Waals surface area (Å²) in [5, 5.41) is 4.36. The molecule has 0 aliphatic carbocycles. The Morgan fingerprint density at radius 1 is 1.29 bits per heavy atom. The van der Waals surface area contributed by atoms with Crippen LogP contribution < -0.4 is 0 Å². The first-order valence-corrected chi connectivity index (χ1v) is 5.90. The van der Waals surface area contributed by atoms with Gasteiger partial charge in [-0.2, -0.15) is 5.10 Å². The van der Waals surface area contributed by atoms with Crippen molar-refractivity contribution in [3.05, 3.63) is 30.4 Å². The van der Waals surface area contributed by atoms with Crippen molar-refractivity contribution in [3.63, 3.8) is 0 Å². The highest BCUT2D eigenvalue weighted by Crippen LogP contribution is 2.09. The zero-order valence-corrected chi connectivity index (χ0v) is 9.95. The third-order valence-electron chi connectivity index (χ3n) is 3.08. The molecule has 0 spiro atoms. The van der Waals surface area contributed by atoms with Crippen molar-refractivity contribution in [3.8, 4) is 0 Å². The van der Waals surface area contributed by atoms with Gasteiger partial charge in [0.25, 0.3) is 0 Å². The fourth-order valence-electron chi connectivity index (χ4n) is 2.18. The average Bonchev–Trinajstić information content (AvgIpc) is 2.92. The van der Waals surface area contributed by atoms with E-state index < -0.39 is 0 Å². The number of rotatable bonds is 3. The molecule has 0 fully saturated rings. The number of nitrogens with zero attached hydrogens (tertiary/aromatic N) is 6. The van der Waals surface area contributed by atoms with E-state index in [-0.39, 0.29) is 0 Å². The molecule has 17 heavy (non-hydrogen) atoms. The second-order valence-corrected chi connectivity index (χ2v) is 4.38. The van der Waals surface area contributed by atoms with Gasteiger partial charge < -0.3 is 4.57 Å². The molecule has 0 aromatic carbocycles. The summed E-state index contributed by atoms with van der Waals surface area (Å²) in [6.07, 6.45) is 5.67. The Morgan fingerprint density at radius 2 is 2.24 bits per heavy atom. The van der Waals surface area contributed by atoms with E-state index in [0.29, 0.717) is 0 Å². The quantitative estimate of drug-likeness (QED) is 0.763. The molecule has 1 aliphatic heterocycles. The SMILES string of the molecule is Cc1nc2n(n1)CCN(CCn1ccnc1)C2. The van der Waals surface area contributed by atoms with Crippen molar-refractivity contribution in [2.75, 3.05) is 13.1 Å². The lowest BCUT2D eigenvalue weighted by atomic mass is 10.3. The lowest BCUT2D eigenvalue weighted by Gasteiger charge is -2.26. The summed E-state index contributed by atoms with van der Waals surface area (Å²) in [6.45, 7) is 6.84. The van der Waals surface area contributed by atoms with Crippen LogP contribution >= 0.6 is 0 Å². The highest BCUT2D eigenvalue weighted by Gasteiger charge is 2.18. The van der Waals surface area contributed by atoms with E-state index >= 15 is 0 Å². The molecule has 0 atom stereocenters. The average molecular weight is 232 g/mol. The fraction of sp³-hybridized carbons (Fsp3) is 0.545. The minimum atomic E-state index is 0.872. The highest BCUT2D eigenvalue weighted by atomic mass is 15.4. The van der Waals surface area contributed by atoms with Gasteiger partial charge in [0.05, 0.1) is 19.4 Å². The van der Waals surface area contributed by atoms with Crippen molar-refractivity contribution < 1.29 is 0 Å². The minimum absolute atomic E-state index is 0.872. The van der Waals surface area contributed by atoms with Gasteiger partial charge in [0.2, 0.25) is 0 Å². The molecule has 1 aliphatic rings. The van der Waals surface area contributed by atoms with Crippen LogP contribution in [-0.2, 0) is 19.6 Å². The van der Waals surface area contributed by atoms with E-state index in [2.05, 4.69) is 24.5 Å². The molecule has 0 amide bonds. The number of aromatic nitrogens is 5.